The zero-order chi connectivity index (χ0) is 6.85. The number of aromatic nitrogens is 3. The smallest absolute Gasteiger partial charge is 0.291 e. The zero-order valence-corrected chi connectivity index (χ0v) is 5.18. The summed E-state index contributed by atoms with van der Waals surface area (Å²) >= 11 is 4.56. The first kappa shape index (κ1) is 5.96. The molecule has 1 aromatic heterocycles. The Balaban J connectivity index is 3.62. The van der Waals surface area contributed by atoms with Crippen LogP contribution < -0.4 is 11.4 Å². The molecule has 0 aliphatic rings. The SMILES string of the molecule is Nn1c(=O)cn[nH]c1=S. The fraction of sp³-hybridized carbons (Fsp3) is 0. The summed E-state index contributed by atoms with van der Waals surface area (Å²) in [6.45, 7) is 0. The quantitative estimate of drug-likeness (QED) is 0.362. The Bertz CT molecular complexity index is 284. The maximum absolute atomic E-state index is 10.5. The van der Waals surface area contributed by atoms with Crippen molar-refractivity contribution in [3.63, 3.8) is 0 Å². The molecule has 1 rings (SSSR count). The molecule has 3 N–H and O–H groups in total. The van der Waals surface area contributed by atoms with Crippen LogP contribution in [0.1, 0.15) is 0 Å². The fourth-order valence-electron chi connectivity index (χ4n) is 0.359. The molecule has 0 atom stereocenters. The van der Waals surface area contributed by atoms with Crippen LogP contribution in [-0.4, -0.2) is 14.9 Å². The highest BCUT2D eigenvalue weighted by atomic mass is 32.1. The van der Waals surface area contributed by atoms with Crippen LogP contribution in [0.5, 0.6) is 0 Å². The summed E-state index contributed by atoms with van der Waals surface area (Å²) in [4.78, 5) is 10.5. The molecule has 0 aliphatic carbocycles. The molecular weight excluding hydrogens is 140 g/mol. The highest BCUT2D eigenvalue weighted by Gasteiger charge is 1.87. The van der Waals surface area contributed by atoms with E-state index >= 15 is 0 Å². The Morgan fingerprint density at radius 2 is 2.56 bits per heavy atom. The molecule has 1 heterocycles. The van der Waals surface area contributed by atoms with Gasteiger partial charge in [-0.3, -0.25) is 9.89 Å². The van der Waals surface area contributed by atoms with E-state index in [1.165, 1.54) is 0 Å². The van der Waals surface area contributed by atoms with Crippen LogP contribution in [0.25, 0.3) is 0 Å². The summed E-state index contributed by atoms with van der Waals surface area (Å²) in [5.74, 6) is 5.11. The van der Waals surface area contributed by atoms with Gasteiger partial charge in [-0.15, -0.1) is 0 Å². The first-order valence-corrected chi connectivity index (χ1v) is 2.54. The van der Waals surface area contributed by atoms with Crippen LogP contribution in [0, 0.1) is 4.77 Å². The number of rotatable bonds is 0. The molecule has 0 spiro atoms. The minimum atomic E-state index is -0.418. The molecule has 6 heteroatoms. The van der Waals surface area contributed by atoms with Gasteiger partial charge in [-0.1, -0.05) is 0 Å². The van der Waals surface area contributed by atoms with E-state index in [2.05, 4.69) is 22.4 Å². The maximum Gasteiger partial charge on any atom is 0.291 e. The summed E-state index contributed by atoms with van der Waals surface area (Å²) in [6.07, 6.45) is 1.05. The number of aromatic amines is 1. The van der Waals surface area contributed by atoms with E-state index < -0.39 is 5.56 Å². The number of hydrogen-bond acceptors (Lipinski definition) is 4. The first-order chi connectivity index (χ1) is 4.22. The monoisotopic (exact) mass is 144 g/mol. The van der Waals surface area contributed by atoms with E-state index in [-0.39, 0.29) is 4.77 Å². The van der Waals surface area contributed by atoms with Gasteiger partial charge in [-0.25, -0.2) is 0 Å². The van der Waals surface area contributed by atoms with Gasteiger partial charge in [0.2, 0.25) is 4.77 Å². The van der Waals surface area contributed by atoms with Gasteiger partial charge in [0.1, 0.15) is 6.20 Å². The van der Waals surface area contributed by atoms with Crippen molar-refractivity contribution in [3.8, 4) is 0 Å². The number of nitrogens with two attached hydrogens (primary N) is 1. The van der Waals surface area contributed by atoms with Gasteiger partial charge < -0.3 is 5.84 Å². The molecule has 0 saturated carbocycles. The molecule has 9 heavy (non-hydrogen) atoms. The van der Waals surface area contributed by atoms with E-state index in [1.807, 2.05) is 0 Å². The average molecular weight is 144 g/mol. The van der Waals surface area contributed by atoms with Crippen molar-refractivity contribution < 1.29 is 0 Å². The predicted molar refractivity (Wildman–Crippen MR) is 33.8 cm³/mol. The van der Waals surface area contributed by atoms with Gasteiger partial charge in [0, 0.05) is 0 Å². The largest absolute Gasteiger partial charge is 0.334 e. The van der Waals surface area contributed by atoms with Gasteiger partial charge >= 0.3 is 0 Å². The van der Waals surface area contributed by atoms with E-state index in [0.717, 1.165) is 10.9 Å². The van der Waals surface area contributed by atoms with Crippen LogP contribution in [0.2, 0.25) is 0 Å². The Kier molecular flexibility index (Phi) is 1.31. The molecular formula is C3H4N4OS. The van der Waals surface area contributed by atoms with Crippen molar-refractivity contribution in [1.29, 1.82) is 0 Å². The Labute approximate surface area is 55.1 Å². The summed E-state index contributed by atoms with van der Waals surface area (Å²) in [6, 6.07) is 0. The lowest BCUT2D eigenvalue weighted by molar-refractivity contribution is 0.800. The zero-order valence-electron chi connectivity index (χ0n) is 4.37. The third-order valence-corrected chi connectivity index (χ3v) is 1.08. The van der Waals surface area contributed by atoms with Crippen molar-refractivity contribution in [2.24, 2.45) is 0 Å². The highest BCUT2D eigenvalue weighted by Crippen LogP contribution is 1.67. The van der Waals surface area contributed by atoms with Gasteiger partial charge in [0.05, 0.1) is 0 Å². The Hall–Kier alpha value is -1.17. The number of nitrogens with one attached hydrogen (secondary N) is 1. The molecule has 1 aromatic rings. The first-order valence-electron chi connectivity index (χ1n) is 2.13. The highest BCUT2D eigenvalue weighted by molar-refractivity contribution is 7.71. The van der Waals surface area contributed by atoms with Crippen LogP contribution in [-0.2, 0) is 0 Å². The maximum atomic E-state index is 10.5. The number of H-pyrrole nitrogens is 1. The summed E-state index contributed by atoms with van der Waals surface area (Å²) < 4.78 is 0.921. The average Bonchev–Trinajstić information content (AvgIpc) is 1.83. The van der Waals surface area contributed by atoms with Crippen molar-refractivity contribution in [2.75, 3.05) is 5.84 Å². The van der Waals surface area contributed by atoms with Gasteiger partial charge in [-0.2, -0.15) is 9.77 Å². The Morgan fingerprint density at radius 3 is 3.00 bits per heavy atom. The van der Waals surface area contributed by atoms with Crippen LogP contribution in [0.15, 0.2) is 11.0 Å². The normalized spacial score (nSPS) is 9.33. The summed E-state index contributed by atoms with van der Waals surface area (Å²) in [5, 5.41) is 5.75. The molecule has 0 aliphatic heterocycles. The van der Waals surface area contributed by atoms with Crippen molar-refractivity contribution in [1.82, 2.24) is 14.9 Å². The predicted octanol–water partition coefficient (Wildman–Crippen LogP) is -0.985. The molecule has 0 saturated heterocycles. The summed E-state index contributed by atoms with van der Waals surface area (Å²) in [5.41, 5.74) is -0.418. The van der Waals surface area contributed by atoms with E-state index in [0.29, 0.717) is 0 Å². The van der Waals surface area contributed by atoms with Gasteiger partial charge in [0.25, 0.3) is 5.56 Å². The van der Waals surface area contributed by atoms with Crippen molar-refractivity contribution in [3.05, 3.63) is 21.3 Å². The van der Waals surface area contributed by atoms with Crippen LogP contribution in [0.4, 0.5) is 0 Å². The van der Waals surface area contributed by atoms with Gasteiger partial charge in [0.15, 0.2) is 0 Å². The van der Waals surface area contributed by atoms with E-state index in [4.69, 9.17) is 5.84 Å². The minimum Gasteiger partial charge on any atom is -0.334 e. The number of hydrogen-bond donors (Lipinski definition) is 2. The molecule has 5 nitrogen and oxygen atoms in total. The molecule has 0 amide bonds. The third kappa shape index (κ3) is 0.968. The van der Waals surface area contributed by atoms with Crippen LogP contribution in [0.3, 0.4) is 0 Å². The topological polar surface area (TPSA) is 76.7 Å². The minimum absolute atomic E-state index is 0.113. The van der Waals surface area contributed by atoms with Crippen LogP contribution >= 0.6 is 12.2 Å². The molecule has 0 unspecified atom stereocenters. The second-order valence-electron chi connectivity index (χ2n) is 1.38. The molecule has 48 valence electrons. The molecule has 0 fully saturated rings. The molecule has 0 aromatic carbocycles. The lowest BCUT2D eigenvalue weighted by Crippen LogP contribution is -2.28. The summed E-state index contributed by atoms with van der Waals surface area (Å²) in [7, 11) is 0. The van der Waals surface area contributed by atoms with E-state index in [9.17, 15) is 4.79 Å². The second-order valence-corrected chi connectivity index (χ2v) is 1.77. The number of nitrogen functional groups attached to an aromatic ring is 1. The standard InChI is InChI=1S/C3H4N4OS/c4-7-2(8)1-5-6-3(7)9/h1H,4H2,(H,6,9). The second kappa shape index (κ2) is 1.98. The van der Waals surface area contributed by atoms with E-state index in [1.54, 1.807) is 0 Å². The third-order valence-electron chi connectivity index (χ3n) is 0.791. The number of nitrogens with zero attached hydrogens (tertiary/aromatic N) is 2. The molecule has 0 radical (unpaired) electrons. The Morgan fingerprint density at radius 1 is 1.89 bits per heavy atom. The molecule has 0 bridgehead atoms. The lowest BCUT2D eigenvalue weighted by Gasteiger charge is -1.91. The van der Waals surface area contributed by atoms with Gasteiger partial charge in [-0.05, 0) is 12.2 Å². The van der Waals surface area contributed by atoms with Crippen molar-refractivity contribution >= 4 is 12.2 Å². The lowest BCUT2D eigenvalue weighted by atomic mass is 10.8. The van der Waals surface area contributed by atoms with Crippen molar-refractivity contribution in [2.45, 2.75) is 0 Å². The fourth-order valence-corrected chi connectivity index (χ4v) is 0.502.